The van der Waals surface area contributed by atoms with Gasteiger partial charge in [0, 0.05) is 19.6 Å². The summed E-state index contributed by atoms with van der Waals surface area (Å²) in [6.07, 6.45) is 1.91. The second-order valence-electron chi connectivity index (χ2n) is 7.81. The summed E-state index contributed by atoms with van der Waals surface area (Å²) in [7, 11) is -1.58. The summed E-state index contributed by atoms with van der Waals surface area (Å²) < 4.78 is 37.9. The lowest BCUT2D eigenvalue weighted by Crippen LogP contribution is -2.40. The number of esters is 2. The Hall–Kier alpha value is -2.75. The van der Waals surface area contributed by atoms with Gasteiger partial charge in [-0.05, 0) is 49.1 Å². The van der Waals surface area contributed by atoms with Crippen molar-refractivity contribution in [3.05, 3.63) is 65.2 Å². The number of benzene rings is 2. The minimum absolute atomic E-state index is 0.0394. The van der Waals surface area contributed by atoms with Gasteiger partial charge in [0.2, 0.25) is 10.0 Å². The van der Waals surface area contributed by atoms with Gasteiger partial charge in [-0.15, -0.1) is 0 Å². The summed E-state index contributed by atoms with van der Waals surface area (Å²) in [5.74, 6) is -1.32. The van der Waals surface area contributed by atoms with Crippen LogP contribution in [0.15, 0.2) is 53.4 Å². The van der Waals surface area contributed by atoms with Gasteiger partial charge in [-0.1, -0.05) is 30.3 Å². The Bertz CT molecular complexity index is 1020. The SMILES string of the molecule is COC(=O)c1cc(C(=O)OC)cc(S(=O)(=O)NCC2CCCN(Cc3ccccc3)C2)c1. The van der Waals surface area contributed by atoms with E-state index in [1.54, 1.807) is 0 Å². The fourth-order valence-corrected chi connectivity index (χ4v) is 5.03. The van der Waals surface area contributed by atoms with Crippen LogP contribution in [-0.4, -0.2) is 59.1 Å². The number of hydrogen-bond donors (Lipinski definition) is 1. The fraction of sp³-hybridized carbons (Fsp3) is 0.391. The zero-order valence-corrected chi connectivity index (χ0v) is 19.1. The van der Waals surface area contributed by atoms with E-state index in [1.807, 2.05) is 18.2 Å². The van der Waals surface area contributed by atoms with Crippen molar-refractivity contribution in [3.8, 4) is 0 Å². The average Bonchev–Trinajstić information content (AvgIpc) is 2.82. The molecule has 0 amide bonds. The van der Waals surface area contributed by atoms with Crippen LogP contribution in [0, 0.1) is 5.92 Å². The molecular weight excluding hydrogens is 432 g/mol. The van der Waals surface area contributed by atoms with E-state index in [0.717, 1.165) is 32.5 Å². The summed E-state index contributed by atoms with van der Waals surface area (Å²) in [5, 5.41) is 0. The molecule has 2 aromatic rings. The summed E-state index contributed by atoms with van der Waals surface area (Å²) in [6, 6.07) is 13.8. The standard InChI is InChI=1S/C23H28N2O6S/c1-30-22(26)19-11-20(23(27)31-2)13-21(12-19)32(28,29)24-14-18-9-6-10-25(16-18)15-17-7-4-3-5-8-17/h3-5,7-8,11-13,18,24H,6,9-10,14-16H2,1-2H3. The highest BCUT2D eigenvalue weighted by Gasteiger charge is 2.24. The first-order chi connectivity index (χ1) is 15.3. The molecule has 1 fully saturated rings. The second-order valence-corrected chi connectivity index (χ2v) is 9.58. The lowest BCUT2D eigenvalue weighted by atomic mass is 9.98. The maximum Gasteiger partial charge on any atom is 0.337 e. The topological polar surface area (TPSA) is 102 Å². The lowest BCUT2D eigenvalue weighted by molar-refractivity contribution is 0.0598. The van der Waals surface area contributed by atoms with Gasteiger partial charge >= 0.3 is 11.9 Å². The van der Waals surface area contributed by atoms with E-state index in [9.17, 15) is 18.0 Å². The average molecular weight is 461 g/mol. The largest absolute Gasteiger partial charge is 0.465 e. The minimum Gasteiger partial charge on any atom is -0.465 e. The lowest BCUT2D eigenvalue weighted by Gasteiger charge is -2.32. The quantitative estimate of drug-likeness (QED) is 0.604. The molecule has 1 aliphatic heterocycles. The molecule has 8 nitrogen and oxygen atoms in total. The van der Waals surface area contributed by atoms with Crippen LogP contribution < -0.4 is 4.72 Å². The number of ether oxygens (including phenoxy) is 2. The number of sulfonamides is 1. The van der Waals surface area contributed by atoms with Crippen molar-refractivity contribution in [2.75, 3.05) is 33.9 Å². The monoisotopic (exact) mass is 460 g/mol. The molecule has 172 valence electrons. The first kappa shape index (κ1) is 23.9. The number of piperidine rings is 1. The van der Waals surface area contributed by atoms with Gasteiger partial charge in [-0.25, -0.2) is 22.7 Å². The predicted octanol–water partition coefficient (Wildman–Crippen LogP) is 2.45. The molecule has 0 aliphatic carbocycles. The van der Waals surface area contributed by atoms with Crippen LogP contribution in [0.2, 0.25) is 0 Å². The van der Waals surface area contributed by atoms with E-state index in [1.165, 1.54) is 38.0 Å². The Morgan fingerprint density at radius 1 is 1.03 bits per heavy atom. The molecule has 0 saturated carbocycles. The Kier molecular flexibility index (Phi) is 8.00. The molecule has 2 aromatic carbocycles. The Morgan fingerprint density at radius 3 is 2.25 bits per heavy atom. The second kappa shape index (κ2) is 10.7. The van der Waals surface area contributed by atoms with Crippen molar-refractivity contribution < 1.29 is 27.5 Å². The van der Waals surface area contributed by atoms with Crippen LogP contribution in [-0.2, 0) is 26.0 Å². The fourth-order valence-electron chi connectivity index (χ4n) is 3.84. The van der Waals surface area contributed by atoms with Crippen molar-refractivity contribution in [2.45, 2.75) is 24.3 Å². The van der Waals surface area contributed by atoms with E-state index >= 15 is 0 Å². The molecule has 32 heavy (non-hydrogen) atoms. The van der Waals surface area contributed by atoms with Gasteiger partial charge in [0.25, 0.3) is 0 Å². The molecule has 3 rings (SSSR count). The van der Waals surface area contributed by atoms with Crippen molar-refractivity contribution in [1.29, 1.82) is 0 Å². The summed E-state index contributed by atoms with van der Waals surface area (Å²) in [6.45, 7) is 2.85. The molecule has 1 saturated heterocycles. The van der Waals surface area contributed by atoms with Crippen LogP contribution >= 0.6 is 0 Å². The molecule has 1 unspecified atom stereocenters. The van der Waals surface area contributed by atoms with Gasteiger partial charge < -0.3 is 9.47 Å². The molecule has 0 spiro atoms. The van der Waals surface area contributed by atoms with Gasteiger partial charge in [0.05, 0.1) is 30.2 Å². The van der Waals surface area contributed by atoms with Crippen molar-refractivity contribution in [2.24, 2.45) is 5.92 Å². The molecule has 1 N–H and O–H groups in total. The number of rotatable bonds is 8. The zero-order valence-electron chi connectivity index (χ0n) is 18.2. The van der Waals surface area contributed by atoms with Crippen LogP contribution in [0.1, 0.15) is 39.1 Å². The third-order valence-electron chi connectivity index (χ3n) is 5.47. The van der Waals surface area contributed by atoms with Crippen LogP contribution in [0.25, 0.3) is 0 Å². The predicted molar refractivity (Wildman–Crippen MR) is 119 cm³/mol. The highest BCUT2D eigenvalue weighted by Crippen LogP contribution is 2.21. The third kappa shape index (κ3) is 6.15. The molecule has 1 aliphatic rings. The minimum atomic E-state index is -3.95. The smallest absolute Gasteiger partial charge is 0.337 e. The maximum absolute atomic E-state index is 12.9. The van der Waals surface area contributed by atoms with Gasteiger partial charge in [0.15, 0.2) is 0 Å². The van der Waals surface area contributed by atoms with Crippen molar-refractivity contribution in [3.63, 3.8) is 0 Å². The van der Waals surface area contributed by atoms with E-state index < -0.39 is 22.0 Å². The third-order valence-corrected chi connectivity index (χ3v) is 6.88. The van der Waals surface area contributed by atoms with Gasteiger partial charge in [-0.2, -0.15) is 0 Å². The van der Waals surface area contributed by atoms with Crippen molar-refractivity contribution >= 4 is 22.0 Å². The number of methoxy groups -OCH3 is 2. The number of hydrogen-bond acceptors (Lipinski definition) is 7. The zero-order chi connectivity index (χ0) is 23.1. The van der Waals surface area contributed by atoms with Crippen LogP contribution in [0.5, 0.6) is 0 Å². The summed E-state index contributed by atoms with van der Waals surface area (Å²) in [5.41, 5.74) is 1.15. The first-order valence-electron chi connectivity index (χ1n) is 10.4. The molecule has 1 heterocycles. The van der Waals surface area contributed by atoms with E-state index in [0.29, 0.717) is 0 Å². The number of carbonyl (C=O) groups excluding carboxylic acids is 2. The van der Waals surface area contributed by atoms with E-state index in [-0.39, 0.29) is 28.5 Å². The molecule has 0 radical (unpaired) electrons. The molecule has 1 atom stereocenters. The molecular formula is C23H28N2O6S. The summed E-state index contributed by atoms with van der Waals surface area (Å²) >= 11 is 0. The highest BCUT2D eigenvalue weighted by molar-refractivity contribution is 7.89. The number of nitrogens with one attached hydrogen (secondary N) is 1. The highest BCUT2D eigenvalue weighted by atomic mass is 32.2. The Balaban J connectivity index is 1.70. The van der Waals surface area contributed by atoms with Crippen LogP contribution in [0.3, 0.4) is 0 Å². The summed E-state index contributed by atoms with van der Waals surface area (Å²) in [4.78, 5) is 26.0. The van der Waals surface area contributed by atoms with Gasteiger partial charge in [-0.3, -0.25) is 4.90 Å². The van der Waals surface area contributed by atoms with Crippen molar-refractivity contribution in [1.82, 2.24) is 9.62 Å². The number of nitrogens with zero attached hydrogens (tertiary/aromatic N) is 1. The maximum atomic E-state index is 12.9. The number of likely N-dealkylation sites (tertiary alicyclic amines) is 1. The Morgan fingerprint density at radius 2 is 1.66 bits per heavy atom. The van der Waals surface area contributed by atoms with Gasteiger partial charge in [0.1, 0.15) is 0 Å². The van der Waals surface area contributed by atoms with E-state index in [2.05, 4.69) is 31.2 Å². The van der Waals surface area contributed by atoms with E-state index in [4.69, 9.17) is 0 Å². The number of carbonyl (C=O) groups is 2. The molecule has 0 aromatic heterocycles. The normalized spacial score (nSPS) is 17.0. The first-order valence-corrected chi connectivity index (χ1v) is 11.9. The molecule has 9 heteroatoms. The van der Waals surface area contributed by atoms with Crippen LogP contribution in [0.4, 0.5) is 0 Å². The Labute approximate surface area is 188 Å². The molecule has 0 bridgehead atoms.